The molecule has 32 heavy (non-hydrogen) atoms. The van der Waals surface area contributed by atoms with Crippen LogP contribution in [0.1, 0.15) is 27.3 Å². The van der Waals surface area contributed by atoms with Crippen LogP contribution in [0, 0.1) is 13.8 Å². The number of carbonyl (C=O) groups is 1. The first kappa shape index (κ1) is 21.0. The summed E-state index contributed by atoms with van der Waals surface area (Å²) in [6.07, 6.45) is 0.926. The molecule has 4 aromatic rings. The third kappa shape index (κ3) is 3.75. The largest absolute Gasteiger partial charge is 0.497 e. The Balaban J connectivity index is 1.38. The van der Waals surface area contributed by atoms with Gasteiger partial charge in [0.15, 0.2) is 10.8 Å². The number of ether oxygens (including phenoxy) is 1. The highest BCUT2D eigenvalue weighted by Gasteiger charge is 2.25. The van der Waals surface area contributed by atoms with E-state index < -0.39 is 0 Å². The Kier molecular flexibility index (Phi) is 5.60. The van der Waals surface area contributed by atoms with Crippen molar-refractivity contribution in [1.82, 2.24) is 19.7 Å². The lowest BCUT2D eigenvalue weighted by Crippen LogP contribution is -2.35. The van der Waals surface area contributed by atoms with Gasteiger partial charge in [0.25, 0.3) is 5.91 Å². The van der Waals surface area contributed by atoms with E-state index in [4.69, 9.17) is 14.8 Å². The molecule has 0 unspecified atom stereocenters. The first-order valence-electron chi connectivity index (χ1n) is 10.6. The molecule has 1 amide bonds. The Morgan fingerprint density at radius 2 is 1.88 bits per heavy atom. The first-order valence-corrected chi connectivity index (χ1v) is 12.3. The number of thiophene rings is 1. The molecule has 9 heteroatoms. The van der Waals surface area contributed by atoms with Gasteiger partial charge in [0.1, 0.15) is 5.75 Å². The predicted molar refractivity (Wildman–Crippen MR) is 130 cm³/mol. The number of amides is 1. The monoisotopic (exact) mass is 467 g/mol. The molecular weight excluding hydrogens is 442 g/mol. The van der Waals surface area contributed by atoms with Crippen molar-refractivity contribution < 1.29 is 9.53 Å². The quantitative estimate of drug-likeness (QED) is 0.442. The topological polar surface area (TPSA) is 63.5 Å². The zero-order valence-electron chi connectivity index (χ0n) is 18.4. The highest BCUT2D eigenvalue weighted by atomic mass is 32.1. The molecule has 0 saturated carbocycles. The molecule has 0 atom stereocenters. The van der Waals surface area contributed by atoms with Gasteiger partial charge in [-0.15, -0.1) is 11.3 Å². The van der Waals surface area contributed by atoms with Gasteiger partial charge in [-0.05, 0) is 61.5 Å². The van der Waals surface area contributed by atoms with E-state index in [-0.39, 0.29) is 5.91 Å². The zero-order valence-corrected chi connectivity index (χ0v) is 20.0. The zero-order chi connectivity index (χ0) is 22.2. The molecule has 1 saturated heterocycles. The minimum atomic E-state index is 0.148. The summed E-state index contributed by atoms with van der Waals surface area (Å²) in [4.78, 5) is 23.1. The van der Waals surface area contributed by atoms with Crippen LogP contribution in [0.4, 0.5) is 5.13 Å². The van der Waals surface area contributed by atoms with Crippen molar-refractivity contribution in [2.45, 2.75) is 20.3 Å². The fraction of sp³-hybridized carbons (Fsp3) is 0.348. The summed E-state index contributed by atoms with van der Waals surface area (Å²) in [6, 6.07) is 9.86. The van der Waals surface area contributed by atoms with Crippen molar-refractivity contribution in [1.29, 1.82) is 0 Å². The van der Waals surface area contributed by atoms with Crippen molar-refractivity contribution >= 4 is 44.1 Å². The SMILES string of the molecule is COc1ccc(-n2nc(C)c3sc(N4CCCN(C(=O)c5sccc5C)CC4)nc32)cc1. The van der Waals surface area contributed by atoms with Crippen LogP contribution in [0.3, 0.4) is 0 Å². The number of aromatic nitrogens is 3. The molecule has 1 aliphatic heterocycles. The normalized spacial score (nSPS) is 14.7. The smallest absolute Gasteiger partial charge is 0.264 e. The van der Waals surface area contributed by atoms with E-state index in [9.17, 15) is 4.79 Å². The molecule has 3 aromatic heterocycles. The summed E-state index contributed by atoms with van der Waals surface area (Å²) in [5, 5.41) is 7.68. The van der Waals surface area contributed by atoms with Gasteiger partial charge in [-0.1, -0.05) is 11.3 Å². The number of rotatable bonds is 4. The molecule has 0 N–H and O–H groups in total. The second-order valence-corrected chi connectivity index (χ2v) is 9.80. The molecule has 1 fully saturated rings. The van der Waals surface area contributed by atoms with Gasteiger partial charge in [0.2, 0.25) is 0 Å². The van der Waals surface area contributed by atoms with Gasteiger partial charge in [-0.3, -0.25) is 4.79 Å². The van der Waals surface area contributed by atoms with E-state index in [0.29, 0.717) is 6.54 Å². The molecule has 4 heterocycles. The van der Waals surface area contributed by atoms with E-state index >= 15 is 0 Å². The van der Waals surface area contributed by atoms with E-state index in [1.54, 1.807) is 18.4 Å². The maximum atomic E-state index is 13.0. The van der Waals surface area contributed by atoms with E-state index in [1.807, 2.05) is 59.1 Å². The summed E-state index contributed by atoms with van der Waals surface area (Å²) in [5.74, 6) is 0.962. The summed E-state index contributed by atoms with van der Waals surface area (Å²) >= 11 is 3.21. The minimum Gasteiger partial charge on any atom is -0.497 e. The van der Waals surface area contributed by atoms with Gasteiger partial charge in [-0.25, -0.2) is 4.68 Å². The summed E-state index contributed by atoms with van der Waals surface area (Å²) in [5.41, 5.74) is 3.86. The van der Waals surface area contributed by atoms with Crippen LogP contribution in [-0.2, 0) is 0 Å². The molecule has 5 rings (SSSR count). The van der Waals surface area contributed by atoms with Crippen LogP contribution >= 0.6 is 22.7 Å². The van der Waals surface area contributed by atoms with Crippen LogP contribution < -0.4 is 9.64 Å². The molecular formula is C23H25N5O2S2. The molecule has 0 bridgehead atoms. The van der Waals surface area contributed by atoms with E-state index in [2.05, 4.69) is 4.90 Å². The van der Waals surface area contributed by atoms with Crippen molar-refractivity contribution in [3.63, 3.8) is 0 Å². The van der Waals surface area contributed by atoms with Crippen molar-refractivity contribution in [2.75, 3.05) is 38.2 Å². The molecule has 1 aromatic carbocycles. The lowest BCUT2D eigenvalue weighted by atomic mass is 10.2. The van der Waals surface area contributed by atoms with Crippen LogP contribution in [0.15, 0.2) is 35.7 Å². The Bertz CT molecular complexity index is 1260. The maximum Gasteiger partial charge on any atom is 0.264 e. The number of aryl methyl sites for hydroxylation is 2. The van der Waals surface area contributed by atoms with Gasteiger partial charge in [0.05, 0.1) is 28.1 Å². The van der Waals surface area contributed by atoms with Crippen LogP contribution in [0.5, 0.6) is 5.75 Å². The number of anilines is 1. The van der Waals surface area contributed by atoms with Crippen molar-refractivity contribution in [2.24, 2.45) is 0 Å². The van der Waals surface area contributed by atoms with Gasteiger partial charge < -0.3 is 14.5 Å². The maximum absolute atomic E-state index is 13.0. The third-order valence-electron chi connectivity index (χ3n) is 5.80. The third-order valence-corrected chi connectivity index (χ3v) is 8.02. The molecule has 166 valence electrons. The summed E-state index contributed by atoms with van der Waals surface area (Å²) in [7, 11) is 1.66. The average molecular weight is 468 g/mol. The highest BCUT2D eigenvalue weighted by molar-refractivity contribution is 7.22. The van der Waals surface area contributed by atoms with Crippen molar-refractivity contribution in [3.8, 4) is 11.4 Å². The van der Waals surface area contributed by atoms with Gasteiger partial charge >= 0.3 is 0 Å². The fourth-order valence-corrected chi connectivity index (χ4v) is 5.94. The second kappa shape index (κ2) is 8.55. The molecule has 0 radical (unpaired) electrons. The van der Waals surface area contributed by atoms with Crippen LogP contribution in [0.25, 0.3) is 16.0 Å². The number of hydrogen-bond donors (Lipinski definition) is 0. The minimum absolute atomic E-state index is 0.148. The number of methoxy groups -OCH3 is 1. The second-order valence-electron chi connectivity index (χ2n) is 7.91. The summed E-state index contributed by atoms with van der Waals surface area (Å²) < 4.78 is 8.27. The van der Waals surface area contributed by atoms with Gasteiger partial charge in [0, 0.05) is 26.2 Å². The van der Waals surface area contributed by atoms with Crippen molar-refractivity contribution in [3.05, 3.63) is 51.8 Å². The number of nitrogens with zero attached hydrogens (tertiary/aromatic N) is 5. The first-order chi connectivity index (χ1) is 15.5. The number of fused-ring (bicyclic) bond motifs is 1. The predicted octanol–water partition coefficient (Wildman–Crippen LogP) is 4.52. The molecule has 0 spiro atoms. The average Bonchev–Trinajstić information content (AvgIpc) is 3.45. The Labute approximate surface area is 194 Å². The lowest BCUT2D eigenvalue weighted by molar-refractivity contribution is 0.0771. The molecule has 1 aliphatic rings. The Morgan fingerprint density at radius 3 is 2.59 bits per heavy atom. The number of benzene rings is 1. The van der Waals surface area contributed by atoms with E-state index in [0.717, 1.165) is 69.1 Å². The Morgan fingerprint density at radius 1 is 1.06 bits per heavy atom. The number of hydrogen-bond acceptors (Lipinski definition) is 7. The van der Waals surface area contributed by atoms with E-state index in [1.165, 1.54) is 11.3 Å². The Hall–Kier alpha value is -2.91. The number of thiazole rings is 1. The van der Waals surface area contributed by atoms with Crippen LogP contribution in [0.2, 0.25) is 0 Å². The highest BCUT2D eigenvalue weighted by Crippen LogP contribution is 2.33. The molecule has 7 nitrogen and oxygen atoms in total. The lowest BCUT2D eigenvalue weighted by Gasteiger charge is -2.21. The van der Waals surface area contributed by atoms with Crippen LogP contribution in [-0.4, -0.2) is 58.9 Å². The van der Waals surface area contributed by atoms with Gasteiger partial charge in [-0.2, -0.15) is 10.1 Å². The fourth-order valence-electron chi connectivity index (χ4n) is 4.01. The number of carbonyl (C=O) groups excluding carboxylic acids is 1. The standard InChI is InChI=1S/C23H25N5O2S2/c1-15-9-14-31-19(15)22(29)26-10-4-11-27(13-12-26)23-24-21-20(32-23)16(2)25-28(21)17-5-7-18(30-3)8-6-17/h5-9,14H,4,10-13H2,1-3H3. The molecule has 0 aliphatic carbocycles. The summed E-state index contributed by atoms with van der Waals surface area (Å²) in [6.45, 7) is 7.17.